The molecule has 0 fully saturated rings. The third kappa shape index (κ3) is 3.15. The lowest BCUT2D eigenvalue weighted by atomic mass is 10.1. The van der Waals surface area contributed by atoms with E-state index in [9.17, 15) is 14.9 Å². The lowest BCUT2D eigenvalue weighted by molar-refractivity contribution is -0.386. The Balaban J connectivity index is 3.07. The molecule has 0 heterocycles. The maximum atomic E-state index is 10.8. The van der Waals surface area contributed by atoms with Crippen molar-refractivity contribution < 1.29 is 24.3 Å². The lowest BCUT2D eigenvalue weighted by Gasteiger charge is -2.07. The van der Waals surface area contributed by atoms with E-state index in [1.165, 1.54) is 19.2 Å². The van der Waals surface area contributed by atoms with E-state index in [2.05, 4.69) is 0 Å². The zero-order valence-electron chi connectivity index (χ0n) is 9.08. The number of para-hydroxylation sites is 1. The Morgan fingerprint density at radius 1 is 1.47 bits per heavy atom. The van der Waals surface area contributed by atoms with Crippen LogP contribution in [0.25, 0.3) is 0 Å². The van der Waals surface area contributed by atoms with Gasteiger partial charge in [-0.25, -0.2) is 4.79 Å². The Labute approximate surface area is 96.7 Å². The van der Waals surface area contributed by atoms with E-state index in [-0.39, 0.29) is 19.0 Å². The fourth-order valence-electron chi connectivity index (χ4n) is 1.23. The fraction of sp³-hybridized carbons (Fsp3) is 0.300. The molecule has 0 bridgehead atoms. The Kier molecular flexibility index (Phi) is 4.41. The molecule has 17 heavy (non-hydrogen) atoms. The van der Waals surface area contributed by atoms with Crippen molar-refractivity contribution in [1.82, 2.24) is 0 Å². The highest BCUT2D eigenvalue weighted by molar-refractivity contribution is 5.93. The Morgan fingerprint density at radius 2 is 2.18 bits per heavy atom. The third-order valence-corrected chi connectivity index (χ3v) is 1.96. The molecule has 0 aliphatic heterocycles. The molecular formula is C10H11NO6. The van der Waals surface area contributed by atoms with E-state index in [0.29, 0.717) is 0 Å². The zero-order valence-corrected chi connectivity index (χ0v) is 9.08. The molecule has 0 aliphatic rings. The summed E-state index contributed by atoms with van der Waals surface area (Å²) in [5.74, 6) is -1.44. The van der Waals surface area contributed by atoms with Gasteiger partial charge in [0.2, 0.25) is 0 Å². The molecule has 1 aromatic rings. The number of nitrogens with zero attached hydrogens (tertiary/aromatic N) is 1. The predicted molar refractivity (Wildman–Crippen MR) is 57.4 cm³/mol. The minimum absolute atomic E-state index is 0.0769. The van der Waals surface area contributed by atoms with Crippen molar-refractivity contribution >= 4 is 11.7 Å². The summed E-state index contributed by atoms with van der Waals surface area (Å²) >= 11 is 0. The molecule has 0 atom stereocenters. The van der Waals surface area contributed by atoms with Crippen LogP contribution in [-0.2, 0) is 4.74 Å². The molecule has 0 unspecified atom stereocenters. The molecule has 0 amide bonds. The van der Waals surface area contributed by atoms with Crippen molar-refractivity contribution in [2.75, 3.05) is 20.3 Å². The monoisotopic (exact) mass is 241 g/mol. The molecule has 0 aliphatic carbocycles. The predicted octanol–water partition coefficient (Wildman–Crippen LogP) is 1.32. The van der Waals surface area contributed by atoms with Crippen molar-refractivity contribution in [2.45, 2.75) is 0 Å². The van der Waals surface area contributed by atoms with Crippen LogP contribution in [0.3, 0.4) is 0 Å². The first-order chi connectivity index (χ1) is 8.07. The van der Waals surface area contributed by atoms with Gasteiger partial charge in [0.05, 0.1) is 11.5 Å². The van der Waals surface area contributed by atoms with Gasteiger partial charge in [-0.2, -0.15) is 0 Å². The quantitative estimate of drug-likeness (QED) is 0.458. The summed E-state index contributed by atoms with van der Waals surface area (Å²) in [6, 6.07) is 3.89. The smallest absolute Gasteiger partial charge is 0.342 e. The summed E-state index contributed by atoms with van der Waals surface area (Å²) < 4.78 is 9.83. The van der Waals surface area contributed by atoms with Gasteiger partial charge in [0, 0.05) is 7.11 Å². The van der Waals surface area contributed by atoms with Crippen LogP contribution in [0.5, 0.6) is 5.75 Å². The van der Waals surface area contributed by atoms with Crippen LogP contribution >= 0.6 is 0 Å². The molecule has 0 saturated heterocycles. The van der Waals surface area contributed by atoms with E-state index in [1.807, 2.05) is 0 Å². The molecule has 1 aromatic carbocycles. The van der Waals surface area contributed by atoms with Crippen molar-refractivity contribution in [2.24, 2.45) is 0 Å². The van der Waals surface area contributed by atoms with Crippen LogP contribution in [0.2, 0.25) is 0 Å². The van der Waals surface area contributed by atoms with E-state index in [0.717, 1.165) is 6.07 Å². The van der Waals surface area contributed by atoms with Gasteiger partial charge < -0.3 is 14.6 Å². The second-order valence-electron chi connectivity index (χ2n) is 3.06. The summed E-state index contributed by atoms with van der Waals surface area (Å²) in [6.07, 6.45) is 0. The van der Waals surface area contributed by atoms with Crippen LogP contribution < -0.4 is 4.74 Å². The number of methoxy groups -OCH3 is 1. The van der Waals surface area contributed by atoms with Crippen LogP contribution in [0, 0.1) is 10.1 Å². The van der Waals surface area contributed by atoms with Gasteiger partial charge in [-0.3, -0.25) is 10.1 Å². The number of carbonyl (C=O) groups is 1. The largest absolute Gasteiger partial charge is 0.484 e. The summed E-state index contributed by atoms with van der Waals surface area (Å²) in [4.78, 5) is 20.9. The van der Waals surface area contributed by atoms with E-state index >= 15 is 0 Å². The average Bonchev–Trinajstić information content (AvgIpc) is 2.28. The summed E-state index contributed by atoms with van der Waals surface area (Å²) in [6.45, 7) is 0.370. The van der Waals surface area contributed by atoms with Crippen molar-refractivity contribution in [1.29, 1.82) is 0 Å². The molecule has 0 radical (unpaired) electrons. The van der Waals surface area contributed by atoms with E-state index < -0.39 is 22.1 Å². The zero-order chi connectivity index (χ0) is 12.8. The van der Waals surface area contributed by atoms with Gasteiger partial charge in [0.25, 0.3) is 0 Å². The maximum Gasteiger partial charge on any atom is 0.342 e. The average molecular weight is 241 g/mol. The highest BCUT2D eigenvalue weighted by Crippen LogP contribution is 2.30. The number of nitro benzene ring substituents is 1. The van der Waals surface area contributed by atoms with Crippen LogP contribution in [0.1, 0.15) is 10.4 Å². The van der Waals surface area contributed by atoms with Gasteiger partial charge in [-0.1, -0.05) is 6.07 Å². The Morgan fingerprint density at radius 3 is 2.71 bits per heavy atom. The topological polar surface area (TPSA) is 98.9 Å². The molecule has 7 nitrogen and oxygen atoms in total. The number of nitro groups is 1. The highest BCUT2D eigenvalue weighted by atomic mass is 16.6. The second-order valence-corrected chi connectivity index (χ2v) is 3.06. The molecule has 92 valence electrons. The number of benzene rings is 1. The number of hydrogen-bond donors (Lipinski definition) is 1. The number of ether oxygens (including phenoxy) is 2. The van der Waals surface area contributed by atoms with Gasteiger partial charge >= 0.3 is 11.7 Å². The molecule has 7 heteroatoms. The molecule has 0 spiro atoms. The minimum Gasteiger partial charge on any atom is -0.484 e. The van der Waals surface area contributed by atoms with Gasteiger partial charge in [0.1, 0.15) is 12.2 Å². The van der Waals surface area contributed by atoms with Gasteiger partial charge in [0.15, 0.2) is 5.75 Å². The van der Waals surface area contributed by atoms with Crippen molar-refractivity contribution in [3.63, 3.8) is 0 Å². The lowest BCUT2D eigenvalue weighted by Crippen LogP contribution is -2.09. The van der Waals surface area contributed by atoms with Crippen LogP contribution in [0.4, 0.5) is 5.69 Å². The SMILES string of the molecule is COCCOc1cccc(C(=O)O)c1[N+](=O)[O-]. The van der Waals surface area contributed by atoms with E-state index in [1.54, 1.807) is 0 Å². The minimum atomic E-state index is -1.37. The number of hydrogen-bond acceptors (Lipinski definition) is 5. The third-order valence-electron chi connectivity index (χ3n) is 1.96. The molecular weight excluding hydrogens is 230 g/mol. The number of aromatic carboxylic acids is 1. The van der Waals surface area contributed by atoms with Crippen LogP contribution in [0.15, 0.2) is 18.2 Å². The summed E-state index contributed by atoms with van der Waals surface area (Å²) in [5, 5.41) is 19.6. The number of rotatable bonds is 6. The molecule has 0 saturated carbocycles. The first kappa shape index (κ1) is 12.9. The van der Waals surface area contributed by atoms with E-state index in [4.69, 9.17) is 14.6 Å². The second kappa shape index (κ2) is 5.80. The maximum absolute atomic E-state index is 10.8. The van der Waals surface area contributed by atoms with Gasteiger partial charge in [-0.15, -0.1) is 0 Å². The first-order valence-electron chi connectivity index (χ1n) is 4.70. The highest BCUT2D eigenvalue weighted by Gasteiger charge is 2.25. The first-order valence-corrected chi connectivity index (χ1v) is 4.70. The fourth-order valence-corrected chi connectivity index (χ4v) is 1.23. The summed E-state index contributed by atoms with van der Waals surface area (Å²) in [5.41, 5.74) is -0.944. The molecule has 1 N–H and O–H groups in total. The van der Waals surface area contributed by atoms with Crippen molar-refractivity contribution in [3.8, 4) is 5.75 Å². The number of carboxylic acids is 1. The Bertz CT molecular complexity index is 431. The van der Waals surface area contributed by atoms with Crippen LogP contribution in [-0.4, -0.2) is 36.3 Å². The van der Waals surface area contributed by atoms with Crippen molar-refractivity contribution in [3.05, 3.63) is 33.9 Å². The molecule has 0 aromatic heterocycles. The van der Waals surface area contributed by atoms with Gasteiger partial charge in [-0.05, 0) is 12.1 Å². The summed E-state index contributed by atoms with van der Waals surface area (Å²) in [7, 11) is 1.46. The standard InChI is InChI=1S/C10H11NO6/c1-16-5-6-17-8-4-2-3-7(10(12)13)9(8)11(14)15/h2-4H,5-6H2,1H3,(H,12,13). The Hall–Kier alpha value is -2.15. The number of carboxylic acid groups (broad SMARTS) is 1. The normalized spacial score (nSPS) is 9.94. The molecule has 1 rings (SSSR count).